The topological polar surface area (TPSA) is 37.3 Å². The van der Waals surface area contributed by atoms with Crippen LogP contribution >= 0.6 is 0 Å². The van der Waals surface area contributed by atoms with Gasteiger partial charge in [0.1, 0.15) is 11.5 Å². The summed E-state index contributed by atoms with van der Waals surface area (Å²) in [5.41, 5.74) is 3.35. The minimum atomic E-state index is 0.204. The Labute approximate surface area is 107 Å². The molecule has 18 heavy (non-hydrogen) atoms. The number of hydrogen-bond donors (Lipinski definition) is 1. The van der Waals surface area contributed by atoms with Gasteiger partial charge in [0.15, 0.2) is 0 Å². The Morgan fingerprint density at radius 1 is 1.06 bits per heavy atom. The van der Waals surface area contributed by atoms with Gasteiger partial charge in [0.2, 0.25) is 0 Å². The molecule has 2 nitrogen and oxygen atoms in total. The van der Waals surface area contributed by atoms with Crippen LogP contribution in [0.15, 0.2) is 48.5 Å². The van der Waals surface area contributed by atoms with E-state index >= 15 is 0 Å². The van der Waals surface area contributed by atoms with Crippen molar-refractivity contribution in [2.24, 2.45) is 0 Å². The second-order valence-corrected chi connectivity index (χ2v) is 4.41. The molecule has 0 aliphatic rings. The van der Waals surface area contributed by atoms with E-state index in [1.54, 1.807) is 19.1 Å². The summed E-state index contributed by atoms with van der Waals surface area (Å²) in [6.45, 7) is 1.61. The molecule has 0 aliphatic carbocycles. The van der Waals surface area contributed by atoms with E-state index in [0.717, 1.165) is 17.5 Å². The summed E-state index contributed by atoms with van der Waals surface area (Å²) < 4.78 is 0. The van der Waals surface area contributed by atoms with E-state index in [-0.39, 0.29) is 11.5 Å². The first-order valence-corrected chi connectivity index (χ1v) is 6.03. The SMILES string of the molecule is CC(=O)CCc1ccccc1-c1ccc(O)cc1. The smallest absolute Gasteiger partial charge is 0.130 e. The molecule has 0 aliphatic heterocycles. The first-order chi connectivity index (χ1) is 8.66. The number of aromatic hydroxyl groups is 1. The molecule has 0 bridgehead atoms. The Kier molecular flexibility index (Phi) is 3.78. The lowest BCUT2D eigenvalue weighted by molar-refractivity contribution is -0.116. The second kappa shape index (κ2) is 5.50. The third kappa shape index (κ3) is 2.98. The molecule has 0 fully saturated rings. The molecular weight excluding hydrogens is 224 g/mol. The Morgan fingerprint density at radius 2 is 1.72 bits per heavy atom. The maximum atomic E-state index is 11.1. The summed E-state index contributed by atoms with van der Waals surface area (Å²) in [7, 11) is 0. The first-order valence-electron chi connectivity index (χ1n) is 6.03. The zero-order valence-electron chi connectivity index (χ0n) is 10.4. The molecule has 1 N–H and O–H groups in total. The molecule has 92 valence electrons. The van der Waals surface area contributed by atoms with Crippen LogP contribution in [-0.2, 0) is 11.2 Å². The van der Waals surface area contributed by atoms with Gasteiger partial charge in [-0.05, 0) is 42.2 Å². The van der Waals surface area contributed by atoms with Gasteiger partial charge in [0.25, 0.3) is 0 Å². The van der Waals surface area contributed by atoms with Crippen LogP contribution in [0.1, 0.15) is 18.9 Å². The number of Topliss-reactive ketones (excluding diaryl/α,β-unsaturated/α-hetero) is 1. The molecule has 0 radical (unpaired) electrons. The molecule has 0 heterocycles. The summed E-state index contributed by atoms with van der Waals surface area (Å²) in [6.07, 6.45) is 1.32. The van der Waals surface area contributed by atoms with Crippen molar-refractivity contribution in [2.75, 3.05) is 0 Å². The Bertz CT molecular complexity index is 541. The van der Waals surface area contributed by atoms with E-state index < -0.39 is 0 Å². The lowest BCUT2D eigenvalue weighted by Crippen LogP contribution is -1.96. The summed E-state index contributed by atoms with van der Waals surface area (Å²) in [4.78, 5) is 11.1. The van der Waals surface area contributed by atoms with Crippen LogP contribution in [0.4, 0.5) is 0 Å². The first kappa shape index (κ1) is 12.4. The molecule has 2 rings (SSSR count). The van der Waals surface area contributed by atoms with Gasteiger partial charge in [0.05, 0.1) is 0 Å². The lowest BCUT2D eigenvalue weighted by atomic mass is 9.96. The second-order valence-electron chi connectivity index (χ2n) is 4.41. The molecular formula is C16H16O2. The number of phenolic OH excluding ortho intramolecular Hbond substituents is 1. The molecule has 2 heteroatoms. The third-order valence-corrected chi connectivity index (χ3v) is 2.94. The summed E-state index contributed by atoms with van der Waals surface area (Å²) in [5, 5.41) is 9.30. The fourth-order valence-electron chi connectivity index (χ4n) is 1.97. The molecule has 0 saturated heterocycles. The van der Waals surface area contributed by atoms with Crippen LogP contribution < -0.4 is 0 Å². The fraction of sp³-hybridized carbons (Fsp3) is 0.188. The molecule has 0 aromatic heterocycles. The highest BCUT2D eigenvalue weighted by atomic mass is 16.3. The van der Waals surface area contributed by atoms with Crippen molar-refractivity contribution < 1.29 is 9.90 Å². The number of ketones is 1. The van der Waals surface area contributed by atoms with E-state index in [2.05, 4.69) is 0 Å². The fourth-order valence-corrected chi connectivity index (χ4v) is 1.97. The van der Waals surface area contributed by atoms with E-state index in [1.807, 2.05) is 36.4 Å². The lowest BCUT2D eigenvalue weighted by Gasteiger charge is -2.09. The average Bonchev–Trinajstić information content (AvgIpc) is 2.38. The number of benzene rings is 2. The predicted molar refractivity (Wildman–Crippen MR) is 72.5 cm³/mol. The molecule has 0 saturated carbocycles. The molecule has 0 unspecified atom stereocenters. The van der Waals surface area contributed by atoms with Crippen LogP contribution in [0, 0.1) is 0 Å². The van der Waals surface area contributed by atoms with Crippen molar-refractivity contribution in [1.29, 1.82) is 0 Å². The largest absolute Gasteiger partial charge is 0.508 e. The van der Waals surface area contributed by atoms with Gasteiger partial charge in [-0.3, -0.25) is 0 Å². The summed E-state index contributed by atoms with van der Waals surface area (Å²) in [5.74, 6) is 0.468. The Hall–Kier alpha value is -2.09. The minimum Gasteiger partial charge on any atom is -0.508 e. The molecule has 0 spiro atoms. The van der Waals surface area contributed by atoms with Gasteiger partial charge in [-0.2, -0.15) is 0 Å². The highest BCUT2D eigenvalue weighted by molar-refractivity contribution is 5.76. The van der Waals surface area contributed by atoms with Crippen LogP contribution in [0.25, 0.3) is 11.1 Å². The van der Waals surface area contributed by atoms with Crippen molar-refractivity contribution in [3.63, 3.8) is 0 Å². The van der Waals surface area contributed by atoms with Crippen molar-refractivity contribution in [3.05, 3.63) is 54.1 Å². The van der Waals surface area contributed by atoms with Crippen molar-refractivity contribution in [3.8, 4) is 16.9 Å². The minimum absolute atomic E-state index is 0.204. The maximum Gasteiger partial charge on any atom is 0.130 e. The number of rotatable bonds is 4. The van der Waals surface area contributed by atoms with Crippen LogP contribution in [-0.4, -0.2) is 10.9 Å². The normalized spacial score (nSPS) is 10.3. The monoisotopic (exact) mass is 240 g/mol. The quantitative estimate of drug-likeness (QED) is 0.886. The highest BCUT2D eigenvalue weighted by Gasteiger charge is 2.05. The summed E-state index contributed by atoms with van der Waals surface area (Å²) >= 11 is 0. The number of phenols is 1. The van der Waals surface area contributed by atoms with Gasteiger partial charge in [0, 0.05) is 6.42 Å². The van der Waals surface area contributed by atoms with E-state index in [9.17, 15) is 9.90 Å². The number of carbonyl (C=O) groups is 1. The number of carbonyl (C=O) groups excluding carboxylic acids is 1. The highest BCUT2D eigenvalue weighted by Crippen LogP contribution is 2.26. The third-order valence-electron chi connectivity index (χ3n) is 2.94. The van der Waals surface area contributed by atoms with Gasteiger partial charge in [-0.15, -0.1) is 0 Å². The van der Waals surface area contributed by atoms with Gasteiger partial charge < -0.3 is 9.90 Å². The molecule has 2 aromatic rings. The number of aryl methyl sites for hydroxylation is 1. The van der Waals surface area contributed by atoms with Crippen LogP contribution in [0.3, 0.4) is 0 Å². The number of hydrogen-bond acceptors (Lipinski definition) is 2. The van der Waals surface area contributed by atoms with Gasteiger partial charge in [-0.1, -0.05) is 36.4 Å². The van der Waals surface area contributed by atoms with Gasteiger partial charge in [-0.25, -0.2) is 0 Å². The average molecular weight is 240 g/mol. The van der Waals surface area contributed by atoms with Crippen molar-refractivity contribution >= 4 is 5.78 Å². The molecule has 0 atom stereocenters. The van der Waals surface area contributed by atoms with Crippen molar-refractivity contribution in [1.82, 2.24) is 0 Å². The van der Waals surface area contributed by atoms with Crippen LogP contribution in [0.2, 0.25) is 0 Å². The maximum absolute atomic E-state index is 11.1. The zero-order valence-corrected chi connectivity index (χ0v) is 10.4. The summed E-state index contributed by atoms with van der Waals surface area (Å²) in [6, 6.07) is 15.2. The Morgan fingerprint density at radius 3 is 2.39 bits per heavy atom. The molecule has 0 amide bonds. The zero-order chi connectivity index (χ0) is 13.0. The van der Waals surface area contributed by atoms with E-state index in [0.29, 0.717) is 6.42 Å². The van der Waals surface area contributed by atoms with Crippen molar-refractivity contribution in [2.45, 2.75) is 19.8 Å². The van der Waals surface area contributed by atoms with E-state index in [1.165, 1.54) is 5.56 Å². The van der Waals surface area contributed by atoms with Gasteiger partial charge >= 0.3 is 0 Å². The Balaban J connectivity index is 2.32. The van der Waals surface area contributed by atoms with E-state index in [4.69, 9.17) is 0 Å². The molecule has 2 aromatic carbocycles. The van der Waals surface area contributed by atoms with Crippen LogP contribution in [0.5, 0.6) is 5.75 Å². The standard InChI is InChI=1S/C16H16O2/c1-12(17)6-7-13-4-2-3-5-16(13)14-8-10-15(18)11-9-14/h2-5,8-11,18H,6-7H2,1H3. The predicted octanol–water partition coefficient (Wildman–Crippen LogP) is 3.58.